The molecule has 0 N–H and O–H groups in total. The van der Waals surface area contributed by atoms with Crippen LogP contribution in [-0.2, 0) is 11.2 Å². The van der Waals surface area contributed by atoms with Gasteiger partial charge in [0, 0.05) is 11.1 Å². The number of rotatable bonds is 6. The molecule has 1 heterocycles. The summed E-state index contributed by atoms with van der Waals surface area (Å²) >= 11 is 3.29. The van der Waals surface area contributed by atoms with Gasteiger partial charge in [0.25, 0.3) is 0 Å². The summed E-state index contributed by atoms with van der Waals surface area (Å²) in [4.78, 5) is 15.7. The van der Waals surface area contributed by atoms with E-state index >= 15 is 0 Å². The molecule has 0 saturated carbocycles. The van der Waals surface area contributed by atoms with E-state index in [1.54, 1.807) is 23.1 Å². The predicted octanol–water partition coefficient (Wildman–Crippen LogP) is 2.71. The van der Waals surface area contributed by atoms with Crippen LogP contribution < -0.4 is 0 Å². The second-order valence-corrected chi connectivity index (χ2v) is 5.20. The molecule has 4 heteroatoms. The van der Waals surface area contributed by atoms with Crippen molar-refractivity contribution in [1.29, 1.82) is 0 Å². The van der Waals surface area contributed by atoms with Gasteiger partial charge >= 0.3 is 0 Å². The molecular weight excluding hydrogens is 214 g/mol. The van der Waals surface area contributed by atoms with Crippen molar-refractivity contribution in [3.63, 3.8) is 0 Å². The Bertz CT molecular complexity index is 296. The van der Waals surface area contributed by atoms with Gasteiger partial charge < -0.3 is 0 Å². The molecule has 0 fully saturated rings. The zero-order valence-corrected chi connectivity index (χ0v) is 10.2. The normalized spacial score (nSPS) is 10.4. The number of Topliss-reactive ketones (excluding diaryl/α,β-unsaturated/α-hetero) is 1. The number of hydrogen-bond donors (Lipinski definition) is 0. The Labute approximate surface area is 93.1 Å². The molecule has 1 rings (SSSR count). The number of thioether (sulfide) groups is 1. The van der Waals surface area contributed by atoms with Crippen LogP contribution in [0.2, 0.25) is 0 Å². The van der Waals surface area contributed by atoms with Gasteiger partial charge in [-0.1, -0.05) is 6.92 Å². The number of ketones is 1. The van der Waals surface area contributed by atoms with Crippen LogP contribution in [0.4, 0.5) is 0 Å². The molecule has 0 bridgehead atoms. The van der Waals surface area contributed by atoms with Crippen molar-refractivity contribution in [1.82, 2.24) is 4.98 Å². The lowest BCUT2D eigenvalue weighted by Gasteiger charge is -1.97. The molecule has 0 atom stereocenters. The van der Waals surface area contributed by atoms with Crippen LogP contribution in [0.25, 0.3) is 0 Å². The Morgan fingerprint density at radius 2 is 2.43 bits per heavy atom. The summed E-state index contributed by atoms with van der Waals surface area (Å²) in [5.41, 5.74) is 1.01. The van der Waals surface area contributed by atoms with E-state index in [-0.39, 0.29) is 5.78 Å². The zero-order chi connectivity index (χ0) is 10.4. The van der Waals surface area contributed by atoms with Gasteiger partial charge in [0.15, 0.2) is 0 Å². The first kappa shape index (κ1) is 11.7. The molecule has 0 saturated heterocycles. The lowest BCUT2D eigenvalue weighted by molar-refractivity contribution is -0.116. The Morgan fingerprint density at radius 1 is 1.64 bits per heavy atom. The van der Waals surface area contributed by atoms with Crippen molar-refractivity contribution in [3.8, 4) is 0 Å². The van der Waals surface area contributed by atoms with Crippen molar-refractivity contribution in [3.05, 3.63) is 16.1 Å². The number of aryl methyl sites for hydroxylation is 1. The summed E-state index contributed by atoms with van der Waals surface area (Å²) in [5.74, 6) is 1.99. The fourth-order valence-electron chi connectivity index (χ4n) is 1.03. The lowest BCUT2D eigenvalue weighted by Crippen LogP contribution is -2.05. The van der Waals surface area contributed by atoms with E-state index in [1.807, 2.05) is 12.3 Å². The third-order valence-electron chi connectivity index (χ3n) is 1.63. The van der Waals surface area contributed by atoms with Crippen LogP contribution >= 0.6 is 23.1 Å². The topological polar surface area (TPSA) is 30.0 Å². The molecular formula is C10H15NOS2. The maximum absolute atomic E-state index is 11.4. The SMILES string of the molecule is CCCSCC(=O)Cc1nc(C)cs1. The minimum absolute atomic E-state index is 0.290. The van der Waals surface area contributed by atoms with Crippen LogP contribution in [0.15, 0.2) is 5.38 Å². The van der Waals surface area contributed by atoms with Crippen LogP contribution in [-0.4, -0.2) is 22.3 Å². The van der Waals surface area contributed by atoms with Crippen LogP contribution in [0.3, 0.4) is 0 Å². The highest BCUT2D eigenvalue weighted by Crippen LogP contribution is 2.11. The summed E-state index contributed by atoms with van der Waals surface area (Å²) in [6.07, 6.45) is 1.64. The zero-order valence-electron chi connectivity index (χ0n) is 8.58. The maximum Gasteiger partial charge on any atom is 0.149 e. The third-order valence-corrected chi connectivity index (χ3v) is 3.82. The molecule has 14 heavy (non-hydrogen) atoms. The number of carbonyl (C=O) groups excluding carboxylic acids is 1. The fraction of sp³-hybridized carbons (Fsp3) is 0.600. The lowest BCUT2D eigenvalue weighted by atomic mass is 10.3. The molecule has 0 aromatic carbocycles. The van der Waals surface area contributed by atoms with Gasteiger partial charge in [0.1, 0.15) is 10.8 Å². The average molecular weight is 229 g/mol. The number of carbonyl (C=O) groups is 1. The molecule has 2 nitrogen and oxygen atoms in total. The molecule has 0 aliphatic carbocycles. The first-order valence-electron chi connectivity index (χ1n) is 4.72. The van der Waals surface area contributed by atoms with Crippen molar-refractivity contribution >= 4 is 28.9 Å². The molecule has 0 unspecified atom stereocenters. The minimum atomic E-state index is 0.290. The summed E-state index contributed by atoms with van der Waals surface area (Å²) < 4.78 is 0. The van der Waals surface area contributed by atoms with Crippen molar-refractivity contribution in [2.45, 2.75) is 26.7 Å². The smallest absolute Gasteiger partial charge is 0.149 e. The Morgan fingerprint density at radius 3 is 3.00 bits per heavy atom. The second-order valence-electron chi connectivity index (χ2n) is 3.15. The van der Waals surface area contributed by atoms with Gasteiger partial charge in [-0.15, -0.1) is 11.3 Å². The quantitative estimate of drug-likeness (QED) is 0.703. The molecule has 0 radical (unpaired) electrons. The molecule has 0 aliphatic rings. The highest BCUT2D eigenvalue weighted by molar-refractivity contribution is 7.99. The van der Waals surface area contributed by atoms with Crippen molar-refractivity contribution in [2.75, 3.05) is 11.5 Å². The largest absolute Gasteiger partial charge is 0.298 e. The van der Waals surface area contributed by atoms with E-state index in [2.05, 4.69) is 11.9 Å². The minimum Gasteiger partial charge on any atom is -0.298 e. The van der Waals surface area contributed by atoms with Crippen LogP contribution in [0.5, 0.6) is 0 Å². The Balaban J connectivity index is 2.27. The van der Waals surface area contributed by atoms with Gasteiger partial charge in [-0.05, 0) is 19.1 Å². The number of hydrogen-bond acceptors (Lipinski definition) is 4. The Kier molecular flexibility index (Phi) is 5.19. The molecule has 1 aromatic heterocycles. The van der Waals surface area contributed by atoms with Crippen LogP contribution in [0, 0.1) is 6.92 Å². The highest BCUT2D eigenvalue weighted by Gasteiger charge is 2.06. The number of thiazole rings is 1. The second kappa shape index (κ2) is 6.19. The van der Waals surface area contributed by atoms with E-state index in [1.165, 1.54) is 0 Å². The molecule has 0 spiro atoms. The summed E-state index contributed by atoms with van der Waals surface area (Å²) in [7, 11) is 0. The van der Waals surface area contributed by atoms with Crippen molar-refractivity contribution in [2.24, 2.45) is 0 Å². The van der Waals surface area contributed by atoms with Gasteiger partial charge in [-0.3, -0.25) is 4.79 Å². The average Bonchev–Trinajstić information content (AvgIpc) is 2.52. The first-order valence-corrected chi connectivity index (χ1v) is 6.76. The standard InChI is InChI=1S/C10H15NOS2/c1-3-4-13-7-9(12)5-10-11-8(2)6-14-10/h6H,3-5,7H2,1-2H3. The van der Waals surface area contributed by atoms with Crippen molar-refractivity contribution < 1.29 is 4.79 Å². The predicted molar refractivity (Wildman–Crippen MR) is 63.2 cm³/mol. The molecule has 0 amide bonds. The molecule has 1 aromatic rings. The summed E-state index contributed by atoms with van der Waals surface area (Å²) in [5, 5.41) is 2.94. The van der Waals surface area contributed by atoms with Gasteiger partial charge in [0.05, 0.1) is 12.2 Å². The third kappa shape index (κ3) is 4.24. The van der Waals surface area contributed by atoms with E-state index in [0.717, 1.165) is 22.9 Å². The summed E-state index contributed by atoms with van der Waals surface area (Å²) in [6, 6.07) is 0. The Hall–Kier alpha value is -0.350. The van der Waals surface area contributed by atoms with E-state index in [9.17, 15) is 4.79 Å². The fourth-order valence-corrected chi connectivity index (χ4v) is 2.60. The highest BCUT2D eigenvalue weighted by atomic mass is 32.2. The van der Waals surface area contributed by atoms with E-state index in [0.29, 0.717) is 12.2 Å². The van der Waals surface area contributed by atoms with Crippen LogP contribution in [0.1, 0.15) is 24.0 Å². The van der Waals surface area contributed by atoms with E-state index in [4.69, 9.17) is 0 Å². The monoisotopic (exact) mass is 229 g/mol. The van der Waals surface area contributed by atoms with Gasteiger partial charge in [-0.25, -0.2) is 4.98 Å². The number of nitrogens with zero attached hydrogens (tertiary/aromatic N) is 1. The molecule has 0 aliphatic heterocycles. The van der Waals surface area contributed by atoms with Gasteiger partial charge in [0.2, 0.25) is 0 Å². The number of aromatic nitrogens is 1. The van der Waals surface area contributed by atoms with Gasteiger partial charge in [-0.2, -0.15) is 11.8 Å². The first-order chi connectivity index (χ1) is 6.72. The maximum atomic E-state index is 11.4. The van der Waals surface area contributed by atoms with E-state index < -0.39 is 0 Å². The summed E-state index contributed by atoms with van der Waals surface area (Å²) in [6.45, 7) is 4.08. The molecule has 78 valence electrons.